The van der Waals surface area contributed by atoms with Gasteiger partial charge in [-0.15, -0.1) is 0 Å². The highest BCUT2D eigenvalue weighted by molar-refractivity contribution is 5.69. The molecule has 0 heterocycles. The molecular formula is C19H36O4. The smallest absolute Gasteiger partial charge is 0.306 e. The number of carbonyl (C=O) groups excluding carboxylic acids is 2. The average molecular weight is 328 g/mol. The molecule has 4 nitrogen and oxygen atoms in total. The molecule has 0 aromatic heterocycles. The minimum atomic E-state index is -0.0702. The van der Waals surface area contributed by atoms with Crippen molar-refractivity contribution in [1.82, 2.24) is 0 Å². The molecule has 0 saturated carbocycles. The maximum absolute atomic E-state index is 11.5. The molecule has 0 radical (unpaired) electrons. The summed E-state index contributed by atoms with van der Waals surface area (Å²) >= 11 is 0. The molecule has 0 aliphatic heterocycles. The van der Waals surface area contributed by atoms with Crippen molar-refractivity contribution in [3.05, 3.63) is 0 Å². The Labute approximate surface area is 142 Å². The van der Waals surface area contributed by atoms with Crippen molar-refractivity contribution in [2.24, 2.45) is 0 Å². The van der Waals surface area contributed by atoms with Crippen LogP contribution in [-0.2, 0) is 19.1 Å². The van der Waals surface area contributed by atoms with Crippen LogP contribution < -0.4 is 0 Å². The first-order valence-corrected chi connectivity index (χ1v) is 9.38. The molecule has 0 aliphatic rings. The monoisotopic (exact) mass is 328 g/mol. The zero-order chi connectivity index (χ0) is 17.5. The van der Waals surface area contributed by atoms with E-state index in [1.165, 1.54) is 6.42 Å². The van der Waals surface area contributed by atoms with Crippen LogP contribution in [0, 0.1) is 0 Å². The highest BCUT2D eigenvalue weighted by Crippen LogP contribution is 2.11. The van der Waals surface area contributed by atoms with E-state index in [4.69, 9.17) is 9.47 Å². The predicted octanol–water partition coefficient (Wildman–Crippen LogP) is 5.18. The van der Waals surface area contributed by atoms with Gasteiger partial charge < -0.3 is 9.47 Å². The van der Waals surface area contributed by atoms with Crippen LogP contribution in [0.2, 0.25) is 0 Å². The summed E-state index contributed by atoms with van der Waals surface area (Å²) in [5.74, 6) is -0.140. The van der Waals surface area contributed by atoms with Crippen molar-refractivity contribution >= 4 is 11.9 Å². The van der Waals surface area contributed by atoms with Gasteiger partial charge in [-0.05, 0) is 39.5 Å². The number of hydrogen-bond donors (Lipinski definition) is 0. The lowest BCUT2D eigenvalue weighted by Crippen LogP contribution is -2.13. The Hall–Kier alpha value is -1.06. The van der Waals surface area contributed by atoms with E-state index in [0.29, 0.717) is 12.8 Å². The van der Waals surface area contributed by atoms with Crippen LogP contribution in [-0.4, -0.2) is 24.1 Å². The molecule has 136 valence electrons. The average Bonchev–Trinajstić information content (AvgIpc) is 2.52. The van der Waals surface area contributed by atoms with Gasteiger partial charge in [0, 0.05) is 12.8 Å². The molecule has 0 amide bonds. The van der Waals surface area contributed by atoms with Crippen LogP contribution in [0.3, 0.4) is 0 Å². The first-order chi connectivity index (χ1) is 11.0. The molecule has 0 bridgehead atoms. The van der Waals surface area contributed by atoms with Crippen LogP contribution in [0.1, 0.15) is 98.3 Å². The van der Waals surface area contributed by atoms with Gasteiger partial charge in [0.2, 0.25) is 0 Å². The molecule has 0 saturated heterocycles. The Bertz CT molecular complexity index is 284. The summed E-state index contributed by atoms with van der Waals surface area (Å²) in [7, 11) is 0. The normalized spacial score (nSPS) is 13.4. The van der Waals surface area contributed by atoms with Crippen LogP contribution in [0.4, 0.5) is 0 Å². The fraction of sp³-hybridized carbons (Fsp3) is 0.895. The summed E-state index contributed by atoms with van der Waals surface area (Å²) in [5.41, 5.74) is 0. The minimum absolute atomic E-state index is 0.0366. The van der Waals surface area contributed by atoms with Crippen molar-refractivity contribution in [2.45, 2.75) is 111 Å². The van der Waals surface area contributed by atoms with Crippen molar-refractivity contribution in [3.63, 3.8) is 0 Å². The molecular weight excluding hydrogens is 292 g/mol. The van der Waals surface area contributed by atoms with Crippen molar-refractivity contribution in [3.8, 4) is 0 Å². The molecule has 0 rings (SSSR count). The minimum Gasteiger partial charge on any atom is -0.463 e. The fourth-order valence-electron chi connectivity index (χ4n) is 2.16. The van der Waals surface area contributed by atoms with E-state index < -0.39 is 0 Å². The van der Waals surface area contributed by atoms with Gasteiger partial charge in [0.1, 0.15) is 0 Å². The van der Waals surface area contributed by atoms with Crippen LogP contribution in [0.25, 0.3) is 0 Å². The summed E-state index contributed by atoms with van der Waals surface area (Å²) in [6.07, 6.45) is 10.3. The van der Waals surface area contributed by atoms with E-state index in [0.717, 1.165) is 51.4 Å². The lowest BCUT2D eigenvalue weighted by molar-refractivity contribution is -0.149. The van der Waals surface area contributed by atoms with E-state index >= 15 is 0 Å². The summed E-state index contributed by atoms with van der Waals surface area (Å²) in [5, 5.41) is 0. The first-order valence-electron chi connectivity index (χ1n) is 9.38. The SMILES string of the molecule is CCC(C)OC(=O)CCCCCCCCCC(=O)OC(C)CC. The van der Waals surface area contributed by atoms with Crippen molar-refractivity contribution in [2.75, 3.05) is 0 Å². The number of esters is 2. The van der Waals surface area contributed by atoms with E-state index in [2.05, 4.69) is 0 Å². The van der Waals surface area contributed by atoms with Gasteiger partial charge in [0.15, 0.2) is 0 Å². The highest BCUT2D eigenvalue weighted by Gasteiger charge is 2.08. The largest absolute Gasteiger partial charge is 0.463 e. The van der Waals surface area contributed by atoms with E-state index in [1.807, 2.05) is 27.7 Å². The van der Waals surface area contributed by atoms with Crippen molar-refractivity contribution in [1.29, 1.82) is 0 Å². The second-order valence-corrected chi connectivity index (χ2v) is 6.39. The standard InChI is InChI=1S/C19H36O4/c1-5-16(3)22-18(20)14-12-10-8-7-9-11-13-15-19(21)23-17(4)6-2/h16-17H,5-15H2,1-4H3. The maximum Gasteiger partial charge on any atom is 0.306 e. The lowest BCUT2D eigenvalue weighted by atomic mass is 10.1. The lowest BCUT2D eigenvalue weighted by Gasteiger charge is -2.10. The molecule has 0 aromatic carbocycles. The highest BCUT2D eigenvalue weighted by atomic mass is 16.5. The molecule has 0 fully saturated rings. The zero-order valence-corrected chi connectivity index (χ0v) is 15.6. The van der Waals surface area contributed by atoms with Gasteiger partial charge in [0.05, 0.1) is 12.2 Å². The van der Waals surface area contributed by atoms with Gasteiger partial charge in [-0.2, -0.15) is 0 Å². The van der Waals surface area contributed by atoms with Crippen LogP contribution in [0.15, 0.2) is 0 Å². The molecule has 2 unspecified atom stereocenters. The third-order valence-corrected chi connectivity index (χ3v) is 4.08. The summed E-state index contributed by atoms with van der Waals surface area (Å²) in [4.78, 5) is 23.0. The Balaban J connectivity index is 3.34. The zero-order valence-electron chi connectivity index (χ0n) is 15.6. The molecule has 0 aromatic rings. The number of carbonyl (C=O) groups is 2. The maximum atomic E-state index is 11.5. The number of rotatable bonds is 14. The molecule has 23 heavy (non-hydrogen) atoms. The van der Waals surface area contributed by atoms with Gasteiger partial charge in [-0.25, -0.2) is 0 Å². The second kappa shape index (κ2) is 14.5. The van der Waals surface area contributed by atoms with Gasteiger partial charge >= 0.3 is 11.9 Å². The molecule has 2 atom stereocenters. The molecule has 0 N–H and O–H groups in total. The Kier molecular flexibility index (Phi) is 13.9. The molecule has 0 aliphatic carbocycles. The van der Waals surface area contributed by atoms with E-state index in [9.17, 15) is 9.59 Å². The predicted molar refractivity (Wildman–Crippen MR) is 93.2 cm³/mol. The van der Waals surface area contributed by atoms with Crippen LogP contribution >= 0.6 is 0 Å². The number of ether oxygens (including phenoxy) is 2. The summed E-state index contributed by atoms with van der Waals surface area (Å²) in [6.45, 7) is 7.89. The first kappa shape index (κ1) is 21.9. The summed E-state index contributed by atoms with van der Waals surface area (Å²) < 4.78 is 10.5. The van der Waals surface area contributed by atoms with Gasteiger partial charge in [-0.3, -0.25) is 9.59 Å². The van der Waals surface area contributed by atoms with E-state index in [-0.39, 0.29) is 24.1 Å². The Morgan fingerprint density at radius 2 is 0.957 bits per heavy atom. The van der Waals surface area contributed by atoms with Gasteiger partial charge in [0.25, 0.3) is 0 Å². The number of unbranched alkanes of at least 4 members (excludes halogenated alkanes) is 6. The quantitative estimate of drug-likeness (QED) is 0.325. The third-order valence-electron chi connectivity index (χ3n) is 4.08. The second-order valence-electron chi connectivity index (χ2n) is 6.39. The Morgan fingerprint density at radius 3 is 1.26 bits per heavy atom. The van der Waals surface area contributed by atoms with Crippen molar-refractivity contribution < 1.29 is 19.1 Å². The van der Waals surface area contributed by atoms with Gasteiger partial charge in [-0.1, -0.05) is 46.0 Å². The fourth-order valence-corrected chi connectivity index (χ4v) is 2.16. The Morgan fingerprint density at radius 1 is 0.652 bits per heavy atom. The van der Waals surface area contributed by atoms with E-state index in [1.54, 1.807) is 0 Å². The third kappa shape index (κ3) is 14.3. The number of hydrogen-bond acceptors (Lipinski definition) is 4. The molecule has 0 spiro atoms. The van der Waals surface area contributed by atoms with Crippen LogP contribution in [0.5, 0.6) is 0 Å². The summed E-state index contributed by atoms with van der Waals surface area (Å²) in [6, 6.07) is 0. The molecule has 4 heteroatoms. The topological polar surface area (TPSA) is 52.6 Å².